The molecule has 4 aromatic carbocycles. The summed E-state index contributed by atoms with van der Waals surface area (Å²) in [7, 11) is 1.08. The predicted octanol–water partition coefficient (Wildman–Crippen LogP) is 9.03. The quantitative estimate of drug-likeness (QED) is 0.155. The third kappa shape index (κ3) is 11.6. The Morgan fingerprint density at radius 1 is 0.676 bits per heavy atom. The number of aryl methyl sites for hydroxylation is 2. The standard InChI is InChI=1S/2C14H17O.C2H6Si.2ClH.2Zr/c2*1-3-6-13(15)14-10(2)9-11-7-4-5-8-12(11)14;1-3-2;;;;/h2*4-5,7-9,13,15H,3,6H2,1-2H3;1-2H3;2*1H;;/q2*-1;;;;;. The first kappa shape index (κ1) is 41.6. The molecule has 0 aliphatic rings. The number of halogens is 2. The van der Waals surface area contributed by atoms with Crippen LogP contribution in [-0.2, 0) is 52.4 Å². The number of aliphatic hydroxyl groups excluding tert-OH is 2. The van der Waals surface area contributed by atoms with Gasteiger partial charge < -0.3 is 10.2 Å². The molecule has 0 saturated carbocycles. The Kier molecular flexibility index (Phi) is 24.6. The summed E-state index contributed by atoms with van der Waals surface area (Å²) < 4.78 is 0. The second kappa shape index (κ2) is 21.9. The molecule has 2 radical (unpaired) electrons. The third-order valence-electron chi connectivity index (χ3n) is 5.89. The van der Waals surface area contributed by atoms with Crippen molar-refractivity contribution in [2.45, 2.75) is 78.7 Å². The van der Waals surface area contributed by atoms with Crippen LogP contribution in [0.25, 0.3) is 21.5 Å². The maximum atomic E-state index is 10.1. The van der Waals surface area contributed by atoms with Gasteiger partial charge in [-0.05, 0) is 12.8 Å². The maximum absolute atomic E-state index is 10.1. The van der Waals surface area contributed by atoms with Gasteiger partial charge in [0.15, 0.2) is 0 Å². The van der Waals surface area contributed by atoms with Crippen LogP contribution in [0, 0.1) is 13.8 Å². The van der Waals surface area contributed by atoms with Crippen LogP contribution < -0.4 is 0 Å². The van der Waals surface area contributed by atoms with E-state index in [4.69, 9.17) is 0 Å². The fraction of sp³-hybridized carbons (Fsp3) is 0.400. The molecule has 0 aliphatic heterocycles. The number of aliphatic hydroxyl groups is 2. The third-order valence-corrected chi connectivity index (χ3v) is 5.89. The van der Waals surface area contributed by atoms with E-state index < -0.39 is 0 Å². The number of fused-ring (bicyclic) bond motifs is 2. The smallest absolute Gasteiger partial charge is 0.0461 e. The first-order valence-corrected chi connectivity index (χ1v) is 14.1. The van der Waals surface area contributed by atoms with Crippen LogP contribution >= 0.6 is 24.8 Å². The van der Waals surface area contributed by atoms with Crippen LogP contribution in [0.3, 0.4) is 0 Å². The number of hydrogen-bond donors (Lipinski definition) is 2. The molecule has 0 amide bonds. The van der Waals surface area contributed by atoms with Crippen LogP contribution in [0.5, 0.6) is 0 Å². The van der Waals surface area contributed by atoms with E-state index in [1.807, 2.05) is 24.3 Å². The van der Waals surface area contributed by atoms with Gasteiger partial charge in [0.2, 0.25) is 0 Å². The molecule has 2 N–H and O–H groups in total. The Morgan fingerprint density at radius 2 is 0.973 bits per heavy atom. The number of benzene rings is 2. The molecule has 7 heteroatoms. The molecule has 0 bridgehead atoms. The first-order valence-electron chi connectivity index (χ1n) is 12.1. The van der Waals surface area contributed by atoms with E-state index in [0.29, 0.717) is 0 Å². The van der Waals surface area contributed by atoms with E-state index in [-0.39, 0.29) is 89.4 Å². The summed E-state index contributed by atoms with van der Waals surface area (Å²) in [4.78, 5) is 0. The Hall–Kier alpha value is 0.143. The van der Waals surface area contributed by atoms with Crippen molar-refractivity contribution in [3.8, 4) is 0 Å². The van der Waals surface area contributed by atoms with Crippen LogP contribution in [0.4, 0.5) is 0 Å². The Bertz CT molecular complexity index is 1040. The van der Waals surface area contributed by atoms with Gasteiger partial charge in [-0.3, -0.25) is 0 Å². The van der Waals surface area contributed by atoms with Crippen molar-refractivity contribution in [3.05, 3.63) is 82.9 Å². The zero-order valence-electron chi connectivity index (χ0n) is 23.0. The molecule has 0 spiro atoms. The molecule has 0 heterocycles. The second-order valence-corrected chi connectivity index (χ2v) is 9.77. The van der Waals surface area contributed by atoms with Gasteiger partial charge in [0.1, 0.15) is 0 Å². The van der Waals surface area contributed by atoms with E-state index in [9.17, 15) is 10.2 Å². The van der Waals surface area contributed by atoms with Crippen molar-refractivity contribution in [1.29, 1.82) is 0 Å². The van der Waals surface area contributed by atoms with Gasteiger partial charge in [0.05, 0.1) is 0 Å². The largest absolute Gasteiger partial charge is 0.398 e. The summed E-state index contributed by atoms with van der Waals surface area (Å²) in [5.74, 6) is 0. The summed E-state index contributed by atoms with van der Waals surface area (Å²) in [6, 6.07) is 20.8. The molecule has 4 rings (SSSR count). The zero-order valence-corrected chi connectivity index (χ0v) is 30.5. The molecular weight excluding hydrogens is 674 g/mol. The molecule has 202 valence electrons. The van der Waals surface area contributed by atoms with Gasteiger partial charge in [0, 0.05) is 74.1 Å². The molecule has 2 atom stereocenters. The van der Waals surface area contributed by atoms with Crippen molar-refractivity contribution < 1.29 is 62.6 Å². The molecule has 37 heavy (non-hydrogen) atoms. The number of rotatable bonds is 6. The minimum atomic E-state index is -0.310. The molecule has 2 nitrogen and oxygen atoms in total. The van der Waals surface area contributed by atoms with Gasteiger partial charge in [-0.15, -0.1) is 93.9 Å². The normalized spacial score (nSPS) is 11.2. The summed E-state index contributed by atoms with van der Waals surface area (Å²) in [5.41, 5.74) is 4.65. The minimum Gasteiger partial charge on any atom is -0.398 e. The Balaban J connectivity index is -0.000000515. The molecule has 0 fully saturated rings. The van der Waals surface area contributed by atoms with E-state index >= 15 is 0 Å². The monoisotopic (exact) mass is 712 g/mol. The van der Waals surface area contributed by atoms with Gasteiger partial charge in [-0.2, -0.15) is 12.1 Å². The summed E-state index contributed by atoms with van der Waals surface area (Å²) >= 11 is 0. The van der Waals surface area contributed by atoms with Crippen LogP contribution in [0.15, 0.2) is 60.7 Å². The average molecular weight is 716 g/mol. The summed E-state index contributed by atoms with van der Waals surface area (Å²) in [6.45, 7) is 12.7. The molecule has 4 aromatic rings. The van der Waals surface area contributed by atoms with Gasteiger partial charge in [-0.1, -0.05) is 76.9 Å². The van der Waals surface area contributed by atoms with E-state index in [1.165, 1.54) is 32.7 Å². The van der Waals surface area contributed by atoms with Crippen molar-refractivity contribution >= 4 is 55.9 Å². The van der Waals surface area contributed by atoms with Crippen molar-refractivity contribution in [3.63, 3.8) is 0 Å². The molecular formula is C30H42Cl2O2SiZr2-2. The van der Waals surface area contributed by atoms with Gasteiger partial charge >= 0.3 is 0 Å². The SMILES string of the molecule is CCCC(O)[c-]1c(C)cc2ccccc21.CCCC(O)[c-]1c(C)cc2ccccc21.C[Si]C.Cl.Cl.[Zr].[Zr]. The predicted molar refractivity (Wildman–Crippen MR) is 160 cm³/mol. The van der Waals surface area contributed by atoms with Crippen molar-refractivity contribution in [1.82, 2.24) is 0 Å². The van der Waals surface area contributed by atoms with Gasteiger partial charge in [0.25, 0.3) is 0 Å². The molecule has 2 unspecified atom stereocenters. The van der Waals surface area contributed by atoms with Gasteiger partial charge in [-0.25, -0.2) is 0 Å². The van der Waals surface area contributed by atoms with Crippen LogP contribution in [-0.4, -0.2) is 19.7 Å². The summed E-state index contributed by atoms with van der Waals surface area (Å²) in [6.07, 6.45) is 3.09. The second-order valence-electron chi connectivity index (χ2n) is 8.77. The fourth-order valence-corrected chi connectivity index (χ4v) is 4.50. The van der Waals surface area contributed by atoms with E-state index in [0.717, 1.165) is 46.3 Å². The molecule has 0 aliphatic carbocycles. The Labute approximate surface area is 277 Å². The Morgan fingerprint density at radius 3 is 1.27 bits per heavy atom. The zero-order chi connectivity index (χ0) is 24.4. The summed E-state index contributed by atoms with van der Waals surface area (Å²) in [5, 5.41) is 25.1. The topological polar surface area (TPSA) is 40.5 Å². The van der Waals surface area contributed by atoms with Crippen LogP contribution in [0.2, 0.25) is 13.1 Å². The fourth-order valence-electron chi connectivity index (χ4n) is 4.50. The maximum Gasteiger partial charge on any atom is 0.0461 e. The number of hydrogen-bond acceptors (Lipinski definition) is 2. The van der Waals surface area contributed by atoms with Crippen molar-refractivity contribution in [2.75, 3.05) is 0 Å². The van der Waals surface area contributed by atoms with Crippen molar-refractivity contribution in [2.24, 2.45) is 0 Å². The molecule has 0 aromatic heterocycles. The van der Waals surface area contributed by atoms with E-state index in [2.05, 4.69) is 77.2 Å². The first-order chi connectivity index (χ1) is 15.9. The minimum absolute atomic E-state index is 0. The van der Waals surface area contributed by atoms with E-state index in [1.54, 1.807) is 0 Å². The van der Waals surface area contributed by atoms with Crippen LogP contribution in [0.1, 0.15) is 74.0 Å². The molecule has 0 saturated heterocycles. The average Bonchev–Trinajstić information content (AvgIpc) is 3.30.